The van der Waals surface area contributed by atoms with E-state index in [0.717, 1.165) is 32.5 Å². The van der Waals surface area contributed by atoms with E-state index in [0.29, 0.717) is 11.9 Å². The molecule has 0 unspecified atom stereocenters. The second kappa shape index (κ2) is 5.16. The summed E-state index contributed by atoms with van der Waals surface area (Å²) in [6, 6.07) is 3.44. The Kier molecular flexibility index (Phi) is 3.62. The zero-order valence-electron chi connectivity index (χ0n) is 9.52. The van der Waals surface area contributed by atoms with Crippen LogP contribution in [-0.4, -0.2) is 36.6 Å². The predicted octanol–water partition coefficient (Wildman–Crippen LogP) is 1.92. The molecule has 1 aliphatic rings. The van der Waals surface area contributed by atoms with Gasteiger partial charge in [0.25, 0.3) is 5.91 Å². The Labute approximate surface area is 95.2 Å². The SMILES string of the molecule is CCOC1CCN(C(=O)c2ccco2)CC1. The number of carbonyl (C=O) groups is 1. The van der Waals surface area contributed by atoms with Gasteiger partial charge in [-0.25, -0.2) is 0 Å². The topological polar surface area (TPSA) is 42.7 Å². The van der Waals surface area contributed by atoms with Crippen LogP contribution in [0.15, 0.2) is 22.8 Å². The third-order valence-electron chi connectivity index (χ3n) is 2.86. The fourth-order valence-electron chi connectivity index (χ4n) is 2.02. The van der Waals surface area contributed by atoms with E-state index in [-0.39, 0.29) is 5.91 Å². The number of furan rings is 1. The maximum Gasteiger partial charge on any atom is 0.289 e. The van der Waals surface area contributed by atoms with Crippen LogP contribution in [0, 0.1) is 0 Å². The Morgan fingerprint density at radius 2 is 2.31 bits per heavy atom. The van der Waals surface area contributed by atoms with E-state index in [4.69, 9.17) is 9.15 Å². The number of piperidine rings is 1. The molecule has 4 nitrogen and oxygen atoms in total. The Morgan fingerprint density at radius 3 is 2.88 bits per heavy atom. The molecule has 1 aromatic rings. The van der Waals surface area contributed by atoms with Gasteiger partial charge in [0.1, 0.15) is 0 Å². The normalized spacial score (nSPS) is 17.7. The van der Waals surface area contributed by atoms with Gasteiger partial charge in [-0.3, -0.25) is 4.79 Å². The van der Waals surface area contributed by atoms with E-state index in [9.17, 15) is 4.79 Å². The fourth-order valence-corrected chi connectivity index (χ4v) is 2.02. The fraction of sp³-hybridized carbons (Fsp3) is 0.583. The Balaban J connectivity index is 1.87. The Bertz CT molecular complexity index is 326. The first-order valence-corrected chi connectivity index (χ1v) is 5.75. The van der Waals surface area contributed by atoms with Crippen molar-refractivity contribution in [3.05, 3.63) is 24.2 Å². The van der Waals surface area contributed by atoms with Crippen LogP contribution < -0.4 is 0 Å². The van der Waals surface area contributed by atoms with Crippen molar-refractivity contribution in [2.24, 2.45) is 0 Å². The highest BCUT2D eigenvalue weighted by Gasteiger charge is 2.24. The number of hydrogen-bond acceptors (Lipinski definition) is 3. The smallest absolute Gasteiger partial charge is 0.289 e. The lowest BCUT2D eigenvalue weighted by atomic mass is 10.1. The van der Waals surface area contributed by atoms with Gasteiger partial charge >= 0.3 is 0 Å². The predicted molar refractivity (Wildman–Crippen MR) is 59.3 cm³/mol. The third-order valence-corrected chi connectivity index (χ3v) is 2.86. The molecule has 0 spiro atoms. The molecule has 4 heteroatoms. The summed E-state index contributed by atoms with van der Waals surface area (Å²) < 4.78 is 10.6. The zero-order valence-corrected chi connectivity index (χ0v) is 9.52. The van der Waals surface area contributed by atoms with E-state index in [2.05, 4.69) is 0 Å². The number of hydrogen-bond donors (Lipinski definition) is 0. The first kappa shape index (κ1) is 11.2. The largest absolute Gasteiger partial charge is 0.459 e. The van der Waals surface area contributed by atoms with Crippen molar-refractivity contribution in [2.75, 3.05) is 19.7 Å². The lowest BCUT2D eigenvalue weighted by Crippen LogP contribution is -2.40. The molecule has 1 saturated heterocycles. The van der Waals surface area contributed by atoms with Crippen molar-refractivity contribution in [3.63, 3.8) is 0 Å². The maximum atomic E-state index is 11.9. The van der Waals surface area contributed by atoms with Gasteiger partial charge in [-0.1, -0.05) is 0 Å². The molecule has 0 atom stereocenters. The summed E-state index contributed by atoms with van der Waals surface area (Å²) in [5.41, 5.74) is 0. The molecule has 0 aromatic carbocycles. The first-order chi connectivity index (χ1) is 7.81. The van der Waals surface area contributed by atoms with Crippen LogP contribution in [0.2, 0.25) is 0 Å². The Morgan fingerprint density at radius 1 is 1.56 bits per heavy atom. The molecule has 0 saturated carbocycles. The summed E-state index contributed by atoms with van der Waals surface area (Å²) >= 11 is 0. The van der Waals surface area contributed by atoms with Gasteiger partial charge in [0.2, 0.25) is 0 Å². The van der Waals surface area contributed by atoms with Gasteiger partial charge in [0, 0.05) is 19.7 Å². The van der Waals surface area contributed by atoms with Crippen LogP contribution in [0.5, 0.6) is 0 Å². The minimum Gasteiger partial charge on any atom is -0.459 e. The van der Waals surface area contributed by atoms with Crippen LogP contribution in [0.3, 0.4) is 0 Å². The third kappa shape index (κ3) is 2.44. The summed E-state index contributed by atoms with van der Waals surface area (Å²) in [4.78, 5) is 13.7. The van der Waals surface area contributed by atoms with Crippen molar-refractivity contribution in [2.45, 2.75) is 25.9 Å². The van der Waals surface area contributed by atoms with Crippen molar-refractivity contribution in [1.29, 1.82) is 0 Å². The molecule has 1 aromatic heterocycles. The first-order valence-electron chi connectivity index (χ1n) is 5.75. The van der Waals surface area contributed by atoms with Crippen molar-refractivity contribution < 1.29 is 13.9 Å². The average molecular weight is 223 g/mol. The summed E-state index contributed by atoms with van der Waals surface area (Å²) in [7, 11) is 0. The van der Waals surface area contributed by atoms with E-state index in [1.807, 2.05) is 11.8 Å². The number of nitrogens with zero attached hydrogens (tertiary/aromatic N) is 1. The van der Waals surface area contributed by atoms with E-state index in [1.165, 1.54) is 6.26 Å². The number of rotatable bonds is 3. The monoisotopic (exact) mass is 223 g/mol. The highest BCUT2D eigenvalue weighted by Crippen LogP contribution is 2.16. The van der Waals surface area contributed by atoms with Gasteiger partial charge in [-0.15, -0.1) is 0 Å². The van der Waals surface area contributed by atoms with Gasteiger partial charge in [0.15, 0.2) is 5.76 Å². The molecule has 2 heterocycles. The minimum absolute atomic E-state index is 0.0139. The number of carbonyl (C=O) groups excluding carboxylic acids is 1. The van der Waals surface area contributed by atoms with E-state index < -0.39 is 0 Å². The van der Waals surface area contributed by atoms with Crippen LogP contribution in [-0.2, 0) is 4.74 Å². The van der Waals surface area contributed by atoms with Gasteiger partial charge in [0.05, 0.1) is 12.4 Å². The van der Waals surface area contributed by atoms with Crippen molar-refractivity contribution in [3.8, 4) is 0 Å². The average Bonchev–Trinajstić information content (AvgIpc) is 2.83. The van der Waals surface area contributed by atoms with Gasteiger partial charge in [-0.05, 0) is 31.9 Å². The van der Waals surface area contributed by atoms with Crippen LogP contribution in [0.25, 0.3) is 0 Å². The molecular weight excluding hydrogens is 206 g/mol. The summed E-state index contributed by atoms with van der Waals surface area (Å²) in [5.74, 6) is 0.412. The molecule has 1 amide bonds. The molecule has 88 valence electrons. The highest BCUT2D eigenvalue weighted by molar-refractivity contribution is 5.91. The molecule has 0 radical (unpaired) electrons. The number of ether oxygens (including phenoxy) is 1. The quantitative estimate of drug-likeness (QED) is 0.786. The minimum atomic E-state index is -0.0139. The molecule has 0 N–H and O–H groups in total. The van der Waals surface area contributed by atoms with Crippen molar-refractivity contribution in [1.82, 2.24) is 4.90 Å². The van der Waals surface area contributed by atoms with E-state index >= 15 is 0 Å². The lowest BCUT2D eigenvalue weighted by molar-refractivity contribution is 0.0136. The second-order valence-corrected chi connectivity index (χ2v) is 3.92. The molecule has 1 fully saturated rings. The summed E-state index contributed by atoms with van der Waals surface area (Å²) in [5, 5.41) is 0. The van der Waals surface area contributed by atoms with Gasteiger partial charge < -0.3 is 14.1 Å². The summed E-state index contributed by atoms with van der Waals surface area (Å²) in [6.45, 7) is 4.26. The van der Waals surface area contributed by atoms with Crippen LogP contribution in [0.1, 0.15) is 30.3 Å². The number of amides is 1. The summed E-state index contributed by atoms with van der Waals surface area (Å²) in [6.07, 6.45) is 3.67. The second-order valence-electron chi connectivity index (χ2n) is 3.92. The lowest BCUT2D eigenvalue weighted by Gasteiger charge is -2.31. The standard InChI is InChI=1S/C12H17NO3/c1-2-15-10-5-7-13(8-6-10)12(14)11-4-3-9-16-11/h3-4,9-10H,2,5-8H2,1H3. The van der Waals surface area contributed by atoms with Crippen LogP contribution in [0.4, 0.5) is 0 Å². The molecule has 16 heavy (non-hydrogen) atoms. The maximum absolute atomic E-state index is 11.9. The molecule has 2 rings (SSSR count). The molecule has 0 bridgehead atoms. The van der Waals surface area contributed by atoms with Crippen molar-refractivity contribution >= 4 is 5.91 Å². The van der Waals surface area contributed by atoms with E-state index in [1.54, 1.807) is 12.1 Å². The molecular formula is C12H17NO3. The van der Waals surface area contributed by atoms with Gasteiger partial charge in [-0.2, -0.15) is 0 Å². The van der Waals surface area contributed by atoms with Crippen LogP contribution >= 0.6 is 0 Å². The Hall–Kier alpha value is -1.29. The highest BCUT2D eigenvalue weighted by atomic mass is 16.5. The molecule has 1 aliphatic heterocycles. The zero-order chi connectivity index (χ0) is 11.4. The number of likely N-dealkylation sites (tertiary alicyclic amines) is 1. The molecule has 0 aliphatic carbocycles.